The van der Waals surface area contributed by atoms with Crippen molar-refractivity contribution in [2.24, 2.45) is 5.92 Å². The Morgan fingerprint density at radius 3 is 2.58 bits per heavy atom. The Kier molecular flexibility index (Phi) is 4.52. The van der Waals surface area contributed by atoms with Crippen molar-refractivity contribution in [1.29, 1.82) is 0 Å². The quantitative estimate of drug-likeness (QED) is 0.759. The van der Waals surface area contributed by atoms with Gasteiger partial charge in [-0.05, 0) is 43.7 Å². The molecule has 1 heterocycles. The molecular formula is C14H19N3O2. The van der Waals surface area contributed by atoms with Crippen LogP contribution in [0.4, 0.5) is 5.69 Å². The number of amides is 2. The molecule has 1 aromatic carbocycles. The van der Waals surface area contributed by atoms with Crippen LogP contribution >= 0.6 is 0 Å². The zero-order valence-corrected chi connectivity index (χ0v) is 11.0. The van der Waals surface area contributed by atoms with Crippen LogP contribution in [0.2, 0.25) is 0 Å². The summed E-state index contributed by atoms with van der Waals surface area (Å²) < 4.78 is 0. The molecule has 0 aromatic heterocycles. The standard InChI is InChI=1S/C14H19N3O2/c1-15-13(18)10-4-6-12(7-5-10)17-14(19)11-3-2-8-16-9-11/h4-7,11,16H,2-3,8-9H2,1H3,(H,15,18)(H,17,19)/t11-/m0/s1. The molecule has 0 bridgehead atoms. The largest absolute Gasteiger partial charge is 0.355 e. The van der Waals surface area contributed by atoms with Crippen molar-refractivity contribution in [3.05, 3.63) is 29.8 Å². The van der Waals surface area contributed by atoms with E-state index in [-0.39, 0.29) is 17.7 Å². The molecule has 3 N–H and O–H groups in total. The van der Waals surface area contributed by atoms with Gasteiger partial charge in [-0.3, -0.25) is 9.59 Å². The molecule has 5 nitrogen and oxygen atoms in total. The summed E-state index contributed by atoms with van der Waals surface area (Å²) >= 11 is 0. The van der Waals surface area contributed by atoms with Crippen LogP contribution in [0, 0.1) is 5.92 Å². The van der Waals surface area contributed by atoms with Crippen LogP contribution in [-0.4, -0.2) is 32.0 Å². The van der Waals surface area contributed by atoms with Gasteiger partial charge in [-0.25, -0.2) is 0 Å². The van der Waals surface area contributed by atoms with Crippen LogP contribution in [0.3, 0.4) is 0 Å². The van der Waals surface area contributed by atoms with Gasteiger partial charge in [-0.15, -0.1) is 0 Å². The zero-order valence-electron chi connectivity index (χ0n) is 11.0. The Bertz CT molecular complexity index is 450. The molecule has 1 saturated heterocycles. The molecule has 1 atom stereocenters. The van der Waals surface area contributed by atoms with Gasteiger partial charge >= 0.3 is 0 Å². The number of piperidine rings is 1. The van der Waals surface area contributed by atoms with Gasteiger partial charge < -0.3 is 16.0 Å². The van der Waals surface area contributed by atoms with E-state index in [1.54, 1.807) is 31.3 Å². The van der Waals surface area contributed by atoms with Crippen molar-refractivity contribution >= 4 is 17.5 Å². The predicted octanol–water partition coefficient (Wildman–Crippen LogP) is 0.984. The van der Waals surface area contributed by atoms with E-state index in [1.807, 2.05) is 0 Å². The lowest BCUT2D eigenvalue weighted by Gasteiger charge is -2.21. The third-order valence-corrected chi connectivity index (χ3v) is 3.31. The van der Waals surface area contributed by atoms with E-state index in [2.05, 4.69) is 16.0 Å². The molecule has 0 saturated carbocycles. The molecular weight excluding hydrogens is 242 g/mol. The van der Waals surface area contributed by atoms with Gasteiger partial charge in [-0.1, -0.05) is 0 Å². The first-order chi connectivity index (χ1) is 9.20. The number of anilines is 1. The Balaban J connectivity index is 1.95. The molecule has 0 aliphatic carbocycles. The average molecular weight is 261 g/mol. The maximum Gasteiger partial charge on any atom is 0.251 e. The number of carbonyl (C=O) groups is 2. The molecule has 19 heavy (non-hydrogen) atoms. The average Bonchev–Trinajstić information content (AvgIpc) is 2.48. The van der Waals surface area contributed by atoms with Gasteiger partial charge in [0, 0.05) is 24.8 Å². The molecule has 102 valence electrons. The fraction of sp³-hybridized carbons (Fsp3) is 0.429. The van der Waals surface area contributed by atoms with Crippen molar-refractivity contribution in [3.63, 3.8) is 0 Å². The maximum absolute atomic E-state index is 12.0. The monoisotopic (exact) mass is 261 g/mol. The third kappa shape index (κ3) is 3.54. The van der Waals surface area contributed by atoms with Crippen LogP contribution in [-0.2, 0) is 4.79 Å². The lowest BCUT2D eigenvalue weighted by atomic mass is 9.99. The molecule has 0 unspecified atom stereocenters. The highest BCUT2D eigenvalue weighted by molar-refractivity contribution is 5.96. The lowest BCUT2D eigenvalue weighted by molar-refractivity contribution is -0.120. The Labute approximate surface area is 112 Å². The van der Waals surface area contributed by atoms with Crippen molar-refractivity contribution in [1.82, 2.24) is 10.6 Å². The summed E-state index contributed by atoms with van der Waals surface area (Å²) in [5.74, 6) is -0.0541. The highest BCUT2D eigenvalue weighted by Crippen LogP contribution is 2.15. The summed E-state index contributed by atoms with van der Waals surface area (Å²) in [4.78, 5) is 23.4. The third-order valence-electron chi connectivity index (χ3n) is 3.31. The molecule has 0 radical (unpaired) electrons. The van der Waals surface area contributed by atoms with Gasteiger partial charge in [0.05, 0.1) is 5.92 Å². The van der Waals surface area contributed by atoms with Crippen molar-refractivity contribution in [3.8, 4) is 0 Å². The molecule has 5 heteroatoms. The van der Waals surface area contributed by atoms with E-state index in [9.17, 15) is 9.59 Å². The summed E-state index contributed by atoms with van der Waals surface area (Å²) in [6.45, 7) is 1.73. The molecule has 1 aliphatic heterocycles. The minimum absolute atomic E-state index is 0.0346. The Morgan fingerprint density at radius 2 is 2.00 bits per heavy atom. The van der Waals surface area contributed by atoms with Gasteiger partial charge in [-0.2, -0.15) is 0 Å². The van der Waals surface area contributed by atoms with Gasteiger partial charge in [0.2, 0.25) is 5.91 Å². The normalized spacial score (nSPS) is 18.7. The number of hydrogen-bond acceptors (Lipinski definition) is 3. The fourth-order valence-corrected chi connectivity index (χ4v) is 2.17. The van der Waals surface area contributed by atoms with Crippen LogP contribution in [0.1, 0.15) is 23.2 Å². The smallest absolute Gasteiger partial charge is 0.251 e. The second-order valence-electron chi connectivity index (χ2n) is 4.69. The van der Waals surface area contributed by atoms with E-state index in [0.29, 0.717) is 5.56 Å². The fourth-order valence-electron chi connectivity index (χ4n) is 2.17. The first-order valence-electron chi connectivity index (χ1n) is 6.54. The van der Waals surface area contributed by atoms with Crippen LogP contribution in [0.15, 0.2) is 24.3 Å². The minimum atomic E-state index is -0.130. The number of benzene rings is 1. The maximum atomic E-state index is 12.0. The molecule has 1 fully saturated rings. The molecule has 2 amide bonds. The Hall–Kier alpha value is -1.88. The number of hydrogen-bond donors (Lipinski definition) is 3. The van der Waals surface area contributed by atoms with E-state index in [1.165, 1.54) is 0 Å². The molecule has 1 aliphatic rings. The van der Waals surface area contributed by atoms with Crippen molar-refractivity contribution in [2.75, 3.05) is 25.5 Å². The summed E-state index contributed by atoms with van der Waals surface area (Å²) in [5.41, 5.74) is 1.31. The first-order valence-corrected chi connectivity index (χ1v) is 6.54. The van der Waals surface area contributed by atoms with Gasteiger partial charge in [0.15, 0.2) is 0 Å². The molecule has 0 spiro atoms. The van der Waals surface area contributed by atoms with Crippen LogP contribution < -0.4 is 16.0 Å². The van der Waals surface area contributed by atoms with E-state index >= 15 is 0 Å². The predicted molar refractivity (Wildman–Crippen MR) is 74.1 cm³/mol. The lowest BCUT2D eigenvalue weighted by Crippen LogP contribution is -2.37. The zero-order chi connectivity index (χ0) is 13.7. The number of rotatable bonds is 3. The van der Waals surface area contributed by atoms with E-state index < -0.39 is 0 Å². The first kappa shape index (κ1) is 13.5. The summed E-state index contributed by atoms with van der Waals surface area (Å²) in [6.07, 6.45) is 1.96. The molecule has 2 rings (SSSR count). The second-order valence-corrected chi connectivity index (χ2v) is 4.69. The van der Waals surface area contributed by atoms with Gasteiger partial charge in [0.25, 0.3) is 5.91 Å². The summed E-state index contributed by atoms with van der Waals surface area (Å²) in [5, 5.41) is 8.66. The highest BCUT2D eigenvalue weighted by Gasteiger charge is 2.20. The second kappa shape index (κ2) is 6.33. The van der Waals surface area contributed by atoms with Crippen LogP contribution in [0.25, 0.3) is 0 Å². The highest BCUT2D eigenvalue weighted by atomic mass is 16.2. The Morgan fingerprint density at radius 1 is 1.26 bits per heavy atom. The van der Waals surface area contributed by atoms with Crippen molar-refractivity contribution < 1.29 is 9.59 Å². The minimum Gasteiger partial charge on any atom is -0.355 e. The van der Waals surface area contributed by atoms with Crippen molar-refractivity contribution in [2.45, 2.75) is 12.8 Å². The van der Waals surface area contributed by atoms with E-state index in [0.717, 1.165) is 31.6 Å². The topological polar surface area (TPSA) is 70.2 Å². The van der Waals surface area contributed by atoms with E-state index in [4.69, 9.17) is 0 Å². The summed E-state index contributed by atoms with van der Waals surface area (Å²) in [6, 6.07) is 6.90. The van der Waals surface area contributed by atoms with Crippen LogP contribution in [0.5, 0.6) is 0 Å². The number of carbonyl (C=O) groups excluding carboxylic acids is 2. The summed E-state index contributed by atoms with van der Waals surface area (Å²) in [7, 11) is 1.59. The van der Waals surface area contributed by atoms with Gasteiger partial charge in [0.1, 0.15) is 0 Å². The number of nitrogens with one attached hydrogen (secondary N) is 3. The SMILES string of the molecule is CNC(=O)c1ccc(NC(=O)[C@H]2CCCNC2)cc1. The molecule has 1 aromatic rings.